The fourth-order valence-electron chi connectivity index (χ4n) is 7.89. The Kier molecular flexibility index (Phi) is 19.7. The van der Waals surface area contributed by atoms with Gasteiger partial charge in [0.15, 0.2) is 72.0 Å². The number of imidazole rings is 2. The molecule has 0 amide bonds. The summed E-state index contributed by atoms with van der Waals surface area (Å²) in [6.45, 7) is 2.74. The molecule has 43 heteroatoms. The van der Waals surface area contributed by atoms with E-state index in [9.17, 15) is 57.9 Å². The Morgan fingerprint density at radius 1 is 0.532 bits per heavy atom. The molecule has 79 heavy (non-hydrogen) atoms. The summed E-state index contributed by atoms with van der Waals surface area (Å²) in [6.07, 6.45) is -6.10. The minimum Gasteiger partial charge on any atom is -0.388 e. The number of aliphatic hydroxyl groups is 4. The van der Waals surface area contributed by atoms with Gasteiger partial charge in [0.25, 0.3) is 11.1 Å². The lowest BCUT2D eigenvalue weighted by Crippen LogP contribution is -2.38. The summed E-state index contributed by atoms with van der Waals surface area (Å²) in [4.78, 5) is 109. The number of H-pyrrole nitrogens is 2. The van der Waals surface area contributed by atoms with Crippen molar-refractivity contribution in [2.45, 2.75) is 87.6 Å². The van der Waals surface area contributed by atoms with Gasteiger partial charge in [0, 0.05) is 41.8 Å². The number of nitrogens with one attached hydrogen (secondary N) is 2. The molecule has 0 aromatic carbocycles. The van der Waals surface area contributed by atoms with Gasteiger partial charge in [-0.15, -0.1) is 37.7 Å². The summed E-state index contributed by atoms with van der Waals surface area (Å²) in [5.41, 5.74) is 15.9. The van der Waals surface area contributed by atoms with Crippen LogP contribution >= 0.6 is 33.0 Å². The minimum absolute atomic E-state index is 0.0290. The molecular weight excluding hydrogens is 1150 g/mol. The topological polar surface area (TPSA) is 579 Å². The number of nitrogens with zero attached hydrogens (tertiary/aromatic N) is 10. The molecule has 6 aromatic heterocycles. The highest BCUT2D eigenvalue weighted by Gasteiger charge is 2.48. The van der Waals surface area contributed by atoms with E-state index in [0.29, 0.717) is 16.7 Å². The monoisotopic (exact) mass is 1200 g/mol. The van der Waals surface area contributed by atoms with E-state index in [1.54, 1.807) is 6.92 Å². The molecule has 4 aliphatic rings. The van der Waals surface area contributed by atoms with Gasteiger partial charge in [-0.05, 0) is 13.8 Å². The molecule has 10 heterocycles. The highest BCUT2D eigenvalue weighted by atomic mass is 31.1. The van der Waals surface area contributed by atoms with Crippen LogP contribution in [0, 0.1) is 13.8 Å². The van der Waals surface area contributed by atoms with E-state index in [1.165, 1.54) is 47.4 Å². The molecular formula is C36H47N15O24P4+4. The molecule has 4 saturated heterocycles. The molecule has 10 rings (SSSR count). The Morgan fingerprint density at radius 3 is 1.42 bits per heavy atom. The molecule has 16 N–H and O–H groups in total. The van der Waals surface area contributed by atoms with Crippen molar-refractivity contribution < 1.29 is 95.3 Å². The molecule has 16 atom stereocenters. The second-order valence-electron chi connectivity index (χ2n) is 16.7. The average molecular weight is 1200 g/mol. The van der Waals surface area contributed by atoms with Crippen LogP contribution in [0.1, 0.15) is 36.0 Å². The van der Waals surface area contributed by atoms with E-state index in [4.69, 9.17) is 64.8 Å². The van der Waals surface area contributed by atoms with E-state index in [0.717, 1.165) is 9.13 Å². The van der Waals surface area contributed by atoms with Crippen molar-refractivity contribution in [2.24, 2.45) is 0 Å². The van der Waals surface area contributed by atoms with Crippen molar-refractivity contribution in [2.75, 3.05) is 43.6 Å². The number of nitrogen functional groups attached to an aromatic ring is 3. The van der Waals surface area contributed by atoms with Gasteiger partial charge in [0.05, 0.1) is 39.1 Å². The van der Waals surface area contributed by atoms with E-state index in [2.05, 4.69) is 48.9 Å². The predicted molar refractivity (Wildman–Crippen MR) is 259 cm³/mol. The third kappa shape index (κ3) is 14.0. The Balaban J connectivity index is 0.000000153. The molecule has 0 bridgehead atoms. The Labute approximate surface area is 440 Å². The van der Waals surface area contributed by atoms with Crippen LogP contribution < -0.4 is 39.7 Å². The zero-order valence-corrected chi connectivity index (χ0v) is 43.8. The Morgan fingerprint density at radius 2 is 0.949 bits per heavy atom. The molecule has 39 nitrogen and oxygen atoms in total. The first-order chi connectivity index (χ1) is 37.3. The fourth-order valence-corrected chi connectivity index (χ4v) is 9.70. The second kappa shape index (κ2) is 25.8. The maximum Gasteiger partial charge on any atom is 0.695 e. The number of ether oxygens (including phenoxy) is 4. The number of anilines is 3. The number of aromatic nitrogens is 12. The number of rotatable bonds is 12. The van der Waals surface area contributed by atoms with Crippen LogP contribution in [-0.4, -0.2) is 173 Å². The summed E-state index contributed by atoms with van der Waals surface area (Å²) in [5.74, 6) is 0.182. The summed E-state index contributed by atoms with van der Waals surface area (Å²) in [7, 11) is -11.7. The molecule has 0 aliphatic carbocycles. The van der Waals surface area contributed by atoms with Crippen LogP contribution in [0.5, 0.6) is 0 Å². The first-order valence-corrected chi connectivity index (χ1v) is 26.7. The summed E-state index contributed by atoms with van der Waals surface area (Å²) in [6, 6.07) is 0. The molecule has 4 aliphatic heterocycles. The smallest absolute Gasteiger partial charge is 0.388 e. The average Bonchev–Trinajstić information content (AvgIpc) is 4.31. The fraction of sp³-hybridized carbons (Fsp3) is 0.500. The normalized spacial score (nSPS) is 27.1. The maximum absolute atomic E-state index is 11.7. The van der Waals surface area contributed by atoms with Crippen LogP contribution in [0.2, 0.25) is 0 Å². The van der Waals surface area contributed by atoms with Crippen molar-refractivity contribution in [1.82, 2.24) is 58.1 Å². The summed E-state index contributed by atoms with van der Waals surface area (Å²) >= 11 is 0. The molecule has 0 radical (unpaired) electrons. The molecule has 426 valence electrons. The standard InChI is InChI=1S/C9H10N5O6P.C9H10N5O5P.C9H12N3O6P.C9H11N2O7P/c10-9-12-6-4(7(16)13-9)11-2-14(6)8-5(20-21(17)18)3(15)1-19-8;10-7-5-8(12-2-11-7)14(3-13-5)9-6(19-20(16)17)4(15)1-18-9;1-4-2-12(9(14)11-7(4)10)8-6(18-19(15)16)5(13)3-17-8;1-4-2-11(9(14)10-7(4)13)8-6(18-19(15)16)5(12)3-17-8/h2-3,5,8,15H,1H2,(H3-,10,12,13,16,17,18);2-4,6,9,15H,1H2,(H2-,10,11,12,16,17);2,5-6,8,13H,3H2,1H3,(H2-,10,11,14,15,16);2,5-6,8,12H,3H2,1H3,(H-,10,13,14,15,16)/p+4/t3?,5-,8+;4?,6-,9+;2*5?,6-,8+/m0000/s1. The lowest BCUT2D eigenvalue weighted by atomic mass is 10.2. The van der Waals surface area contributed by atoms with Gasteiger partial charge in [0.1, 0.15) is 42.1 Å². The summed E-state index contributed by atoms with van der Waals surface area (Å²) in [5, 5.41) is 38.7. The quantitative estimate of drug-likeness (QED) is 0.0517. The SMILES string of the molecule is Cc1cn([C@@H]2OCC(O)[C@@H]2O[P+](=O)O)c(=O)[nH]c1=O.Cc1cn([C@@H]2OCC(O)[C@@H]2O[P+](=O)O)c(=O)nc1N.Nc1nc2c(ncn2[C@@H]2OCC(O)[C@@H]2O[P+](=O)O)c(=O)[nH]1.Nc1ncnc2c1ncn2[C@@H]1OCC(O)[C@@H]1O[P+](=O)O. The number of hydrogen-bond acceptors (Lipinski definition) is 29. The lowest BCUT2D eigenvalue weighted by molar-refractivity contribution is -0.00917. The van der Waals surface area contributed by atoms with Gasteiger partial charge in [-0.1, -0.05) is 0 Å². The third-order valence-electron chi connectivity index (χ3n) is 11.5. The minimum atomic E-state index is -2.96. The van der Waals surface area contributed by atoms with Gasteiger partial charge >= 0.3 is 44.4 Å². The first-order valence-electron chi connectivity index (χ1n) is 22.2. The van der Waals surface area contributed by atoms with E-state index in [-0.39, 0.29) is 60.7 Å². The van der Waals surface area contributed by atoms with Gasteiger partial charge in [-0.25, -0.2) is 29.5 Å². The highest BCUT2D eigenvalue weighted by molar-refractivity contribution is 7.32. The van der Waals surface area contributed by atoms with Gasteiger partial charge < -0.3 is 56.6 Å². The number of aliphatic hydroxyl groups excluding tert-OH is 4. The van der Waals surface area contributed by atoms with Crippen molar-refractivity contribution in [3.05, 3.63) is 84.2 Å². The van der Waals surface area contributed by atoms with E-state index in [1.807, 2.05) is 0 Å². The predicted octanol–water partition coefficient (Wildman–Crippen LogP) is -4.21. The van der Waals surface area contributed by atoms with Crippen LogP contribution in [0.3, 0.4) is 0 Å². The number of aromatic amines is 2. The van der Waals surface area contributed by atoms with Crippen molar-refractivity contribution >= 4 is 72.9 Å². The number of hydrogen-bond donors (Lipinski definition) is 13. The summed E-state index contributed by atoms with van der Waals surface area (Å²) < 4.78 is 87.9. The van der Waals surface area contributed by atoms with Crippen LogP contribution in [0.15, 0.2) is 50.6 Å². The van der Waals surface area contributed by atoms with Crippen molar-refractivity contribution in [3.63, 3.8) is 0 Å². The zero-order valence-electron chi connectivity index (χ0n) is 40.2. The maximum atomic E-state index is 11.7. The van der Waals surface area contributed by atoms with Crippen LogP contribution in [0.25, 0.3) is 22.3 Å². The number of nitrogens with two attached hydrogens (primary N) is 3. The molecule has 6 aromatic rings. The third-order valence-corrected chi connectivity index (χ3v) is 13.2. The van der Waals surface area contributed by atoms with Crippen molar-refractivity contribution in [3.8, 4) is 0 Å². The molecule has 4 fully saturated rings. The van der Waals surface area contributed by atoms with Crippen molar-refractivity contribution in [1.29, 1.82) is 0 Å². The van der Waals surface area contributed by atoms with Crippen LogP contribution in [-0.2, 0) is 55.3 Å². The highest BCUT2D eigenvalue weighted by Crippen LogP contribution is 2.37. The molecule has 0 saturated carbocycles. The second-order valence-corrected chi connectivity index (χ2v) is 19.5. The van der Waals surface area contributed by atoms with Gasteiger partial charge in [0.2, 0.25) is 5.95 Å². The van der Waals surface area contributed by atoms with E-state index < -0.39 is 129 Å². The lowest BCUT2D eigenvalue weighted by Gasteiger charge is -2.17. The molecule has 0 spiro atoms. The first kappa shape index (κ1) is 60.3. The zero-order chi connectivity index (χ0) is 57.7. The van der Waals surface area contributed by atoms with Gasteiger partial charge in [-0.3, -0.25) is 37.8 Å². The Bertz CT molecular complexity index is 3490. The number of fused-ring (bicyclic) bond motifs is 2. The molecule has 8 unspecified atom stereocenters. The van der Waals surface area contributed by atoms with Gasteiger partial charge in [-0.2, -0.15) is 9.97 Å². The largest absolute Gasteiger partial charge is 0.695 e. The Hall–Kier alpha value is -6.38. The number of aryl methyl sites for hydroxylation is 2. The van der Waals surface area contributed by atoms with E-state index >= 15 is 0 Å². The van der Waals surface area contributed by atoms with Crippen LogP contribution in [0.4, 0.5) is 17.6 Å².